The molecule has 82 valence electrons. The van der Waals surface area contributed by atoms with E-state index in [1.165, 1.54) is 32.2 Å². The minimum atomic E-state index is 0.512. The summed E-state index contributed by atoms with van der Waals surface area (Å²) >= 11 is 0. The Kier molecular flexibility index (Phi) is 3.42. The number of nitrogens with zero attached hydrogens (tertiary/aromatic N) is 1. The Bertz CT molecular complexity index is 169. The third-order valence-corrected chi connectivity index (χ3v) is 3.91. The zero-order valence-electron chi connectivity index (χ0n) is 9.00. The molecule has 0 spiro atoms. The van der Waals surface area contributed by atoms with Gasteiger partial charge in [-0.1, -0.05) is 6.42 Å². The molecular weight excluding hydrogens is 176 g/mol. The van der Waals surface area contributed by atoms with Crippen LogP contribution in [0.5, 0.6) is 0 Å². The van der Waals surface area contributed by atoms with Gasteiger partial charge in [0.05, 0.1) is 13.2 Å². The number of nitrogens with two attached hydrogens (primary N) is 1. The maximum atomic E-state index is 5.84. The van der Waals surface area contributed by atoms with Crippen molar-refractivity contribution in [2.75, 3.05) is 39.4 Å². The second kappa shape index (κ2) is 4.60. The molecule has 14 heavy (non-hydrogen) atoms. The molecule has 2 fully saturated rings. The van der Waals surface area contributed by atoms with Crippen LogP contribution in [0.1, 0.15) is 25.7 Å². The summed E-state index contributed by atoms with van der Waals surface area (Å²) in [5, 5.41) is 0. The van der Waals surface area contributed by atoms with Gasteiger partial charge in [-0.15, -0.1) is 0 Å². The summed E-state index contributed by atoms with van der Waals surface area (Å²) < 4.78 is 5.33. The third-order valence-electron chi connectivity index (χ3n) is 3.91. The van der Waals surface area contributed by atoms with Gasteiger partial charge in [0.1, 0.15) is 0 Å². The van der Waals surface area contributed by atoms with Gasteiger partial charge in [-0.05, 0) is 37.8 Å². The molecule has 0 amide bonds. The molecule has 2 aliphatic rings. The third kappa shape index (κ3) is 2.27. The average Bonchev–Trinajstić information content (AvgIpc) is 2.19. The number of rotatable bonds is 4. The summed E-state index contributed by atoms with van der Waals surface area (Å²) in [7, 11) is 0. The van der Waals surface area contributed by atoms with Crippen LogP contribution in [0.25, 0.3) is 0 Å². The Labute approximate surface area is 86.6 Å². The molecule has 1 aliphatic carbocycles. The van der Waals surface area contributed by atoms with Crippen LogP contribution in [0.3, 0.4) is 0 Å². The minimum absolute atomic E-state index is 0.512. The number of hydrogen-bond donors (Lipinski definition) is 1. The predicted octanol–water partition coefficient (Wildman–Crippen LogP) is 0.838. The van der Waals surface area contributed by atoms with Gasteiger partial charge in [-0.3, -0.25) is 4.90 Å². The van der Waals surface area contributed by atoms with E-state index in [0.29, 0.717) is 5.41 Å². The van der Waals surface area contributed by atoms with E-state index in [1.54, 1.807) is 0 Å². The van der Waals surface area contributed by atoms with Crippen molar-refractivity contribution in [1.29, 1.82) is 0 Å². The second-order valence-electron chi connectivity index (χ2n) is 4.76. The van der Waals surface area contributed by atoms with Gasteiger partial charge in [-0.2, -0.15) is 0 Å². The lowest BCUT2D eigenvalue weighted by atomic mass is 9.66. The highest BCUT2D eigenvalue weighted by Crippen LogP contribution is 2.42. The maximum absolute atomic E-state index is 5.84. The predicted molar refractivity (Wildman–Crippen MR) is 57.2 cm³/mol. The first kappa shape index (κ1) is 10.4. The fourth-order valence-electron chi connectivity index (χ4n) is 2.45. The van der Waals surface area contributed by atoms with Crippen molar-refractivity contribution in [2.24, 2.45) is 11.1 Å². The molecule has 3 heteroatoms. The Morgan fingerprint density at radius 3 is 2.43 bits per heavy atom. The minimum Gasteiger partial charge on any atom is -0.379 e. The monoisotopic (exact) mass is 198 g/mol. The van der Waals surface area contributed by atoms with E-state index in [-0.39, 0.29) is 0 Å². The SMILES string of the molecule is NCC1(CCN2CCOCC2)CCC1. The lowest BCUT2D eigenvalue weighted by Gasteiger charge is -2.42. The highest BCUT2D eigenvalue weighted by atomic mass is 16.5. The fraction of sp³-hybridized carbons (Fsp3) is 1.00. The smallest absolute Gasteiger partial charge is 0.0594 e. The van der Waals surface area contributed by atoms with Gasteiger partial charge in [0.15, 0.2) is 0 Å². The normalized spacial score (nSPS) is 27.2. The molecule has 3 nitrogen and oxygen atoms in total. The van der Waals surface area contributed by atoms with Crippen LogP contribution in [-0.2, 0) is 4.74 Å². The Balaban J connectivity index is 1.69. The van der Waals surface area contributed by atoms with Crippen LogP contribution in [0.2, 0.25) is 0 Å². The van der Waals surface area contributed by atoms with Crippen LogP contribution < -0.4 is 5.73 Å². The highest BCUT2D eigenvalue weighted by molar-refractivity contribution is 4.89. The molecule has 0 aromatic heterocycles. The largest absolute Gasteiger partial charge is 0.379 e. The molecular formula is C11H22N2O. The molecule has 0 aromatic rings. The van der Waals surface area contributed by atoms with E-state index >= 15 is 0 Å². The summed E-state index contributed by atoms with van der Waals surface area (Å²) in [4.78, 5) is 2.51. The fourth-order valence-corrected chi connectivity index (χ4v) is 2.45. The van der Waals surface area contributed by atoms with Crippen LogP contribution >= 0.6 is 0 Å². The Morgan fingerprint density at radius 2 is 1.93 bits per heavy atom. The van der Waals surface area contributed by atoms with E-state index in [4.69, 9.17) is 10.5 Å². The topological polar surface area (TPSA) is 38.5 Å². The number of morpholine rings is 1. The molecule has 0 unspecified atom stereocenters. The van der Waals surface area contributed by atoms with E-state index in [9.17, 15) is 0 Å². The van der Waals surface area contributed by atoms with Crippen molar-refractivity contribution < 1.29 is 4.74 Å². The summed E-state index contributed by atoms with van der Waals surface area (Å²) in [6.07, 6.45) is 5.39. The first-order chi connectivity index (χ1) is 6.85. The van der Waals surface area contributed by atoms with E-state index in [0.717, 1.165) is 32.8 Å². The van der Waals surface area contributed by atoms with Crippen molar-refractivity contribution in [3.05, 3.63) is 0 Å². The second-order valence-corrected chi connectivity index (χ2v) is 4.76. The lowest BCUT2D eigenvalue weighted by Crippen LogP contribution is -2.43. The van der Waals surface area contributed by atoms with E-state index < -0.39 is 0 Å². The number of hydrogen-bond acceptors (Lipinski definition) is 3. The van der Waals surface area contributed by atoms with Crippen molar-refractivity contribution in [3.63, 3.8) is 0 Å². The van der Waals surface area contributed by atoms with Crippen LogP contribution in [0, 0.1) is 5.41 Å². The summed E-state index contributed by atoms with van der Waals surface area (Å²) in [6.45, 7) is 6.16. The molecule has 2 N–H and O–H groups in total. The molecule has 2 rings (SSSR count). The van der Waals surface area contributed by atoms with Crippen molar-refractivity contribution in [1.82, 2.24) is 4.90 Å². The molecule has 0 radical (unpaired) electrons. The number of ether oxygens (including phenoxy) is 1. The van der Waals surface area contributed by atoms with Crippen molar-refractivity contribution >= 4 is 0 Å². The Morgan fingerprint density at radius 1 is 1.21 bits per heavy atom. The van der Waals surface area contributed by atoms with Crippen LogP contribution in [-0.4, -0.2) is 44.3 Å². The van der Waals surface area contributed by atoms with Crippen molar-refractivity contribution in [2.45, 2.75) is 25.7 Å². The summed E-state index contributed by atoms with van der Waals surface area (Å²) in [5.74, 6) is 0. The van der Waals surface area contributed by atoms with Gasteiger partial charge in [0.2, 0.25) is 0 Å². The van der Waals surface area contributed by atoms with Crippen LogP contribution in [0.15, 0.2) is 0 Å². The molecule has 1 aliphatic heterocycles. The van der Waals surface area contributed by atoms with Gasteiger partial charge in [0, 0.05) is 13.1 Å². The van der Waals surface area contributed by atoms with Crippen LogP contribution in [0.4, 0.5) is 0 Å². The van der Waals surface area contributed by atoms with E-state index in [1.807, 2.05) is 0 Å². The van der Waals surface area contributed by atoms with Gasteiger partial charge in [-0.25, -0.2) is 0 Å². The molecule has 1 heterocycles. The standard InChI is InChI=1S/C11H22N2O/c12-10-11(2-1-3-11)4-5-13-6-8-14-9-7-13/h1-10,12H2. The first-order valence-electron chi connectivity index (χ1n) is 5.85. The quantitative estimate of drug-likeness (QED) is 0.727. The zero-order chi connectivity index (χ0) is 9.86. The first-order valence-corrected chi connectivity index (χ1v) is 5.85. The van der Waals surface area contributed by atoms with E-state index in [2.05, 4.69) is 4.90 Å². The molecule has 1 saturated heterocycles. The van der Waals surface area contributed by atoms with Crippen molar-refractivity contribution in [3.8, 4) is 0 Å². The molecule has 0 atom stereocenters. The zero-order valence-corrected chi connectivity index (χ0v) is 9.00. The summed E-state index contributed by atoms with van der Waals surface area (Å²) in [6, 6.07) is 0. The van der Waals surface area contributed by atoms with Gasteiger partial charge in [0.25, 0.3) is 0 Å². The average molecular weight is 198 g/mol. The Hall–Kier alpha value is -0.120. The molecule has 1 saturated carbocycles. The summed E-state index contributed by atoms with van der Waals surface area (Å²) in [5.41, 5.74) is 6.35. The van der Waals surface area contributed by atoms with Gasteiger partial charge >= 0.3 is 0 Å². The highest BCUT2D eigenvalue weighted by Gasteiger charge is 2.35. The van der Waals surface area contributed by atoms with Gasteiger partial charge < -0.3 is 10.5 Å². The maximum Gasteiger partial charge on any atom is 0.0594 e. The molecule has 0 bridgehead atoms. The lowest BCUT2D eigenvalue weighted by molar-refractivity contribution is 0.0234. The molecule has 0 aromatic carbocycles.